The first kappa shape index (κ1) is 12.1. The molecule has 0 unspecified atom stereocenters. The molecular formula is C10H10N2O3S2. The van der Waals surface area contributed by atoms with Gasteiger partial charge in [0.05, 0.1) is 0 Å². The van der Waals surface area contributed by atoms with E-state index in [0.717, 1.165) is 10.4 Å². The van der Waals surface area contributed by atoms with E-state index in [1.807, 2.05) is 6.92 Å². The highest BCUT2D eigenvalue weighted by Crippen LogP contribution is 2.28. The number of carboxylic acids is 1. The third-order valence-corrected chi connectivity index (χ3v) is 4.04. The Kier molecular flexibility index (Phi) is 3.49. The lowest BCUT2D eigenvalue weighted by Crippen LogP contribution is -1.90. The molecule has 2 heterocycles. The molecule has 0 bridgehead atoms. The van der Waals surface area contributed by atoms with Gasteiger partial charge in [0.25, 0.3) is 5.22 Å². The van der Waals surface area contributed by atoms with E-state index in [-0.39, 0.29) is 0 Å². The summed E-state index contributed by atoms with van der Waals surface area (Å²) in [4.78, 5) is 12.2. The van der Waals surface area contributed by atoms with Crippen molar-refractivity contribution in [2.24, 2.45) is 0 Å². The fourth-order valence-corrected chi connectivity index (χ4v) is 3.07. The van der Waals surface area contributed by atoms with E-state index in [9.17, 15) is 4.79 Å². The Bertz CT molecular complexity index is 547. The van der Waals surface area contributed by atoms with Crippen molar-refractivity contribution in [3.63, 3.8) is 0 Å². The van der Waals surface area contributed by atoms with Gasteiger partial charge in [0, 0.05) is 17.6 Å². The third kappa shape index (κ3) is 2.86. The van der Waals surface area contributed by atoms with Crippen LogP contribution in [0.25, 0.3) is 0 Å². The second-order valence-electron chi connectivity index (χ2n) is 3.37. The molecule has 0 aliphatic rings. The molecule has 0 aromatic carbocycles. The van der Waals surface area contributed by atoms with Gasteiger partial charge in [-0.1, -0.05) is 11.8 Å². The van der Waals surface area contributed by atoms with Crippen molar-refractivity contribution < 1.29 is 14.3 Å². The molecule has 90 valence electrons. The topological polar surface area (TPSA) is 76.2 Å². The summed E-state index contributed by atoms with van der Waals surface area (Å²) in [5.41, 5.74) is 0.994. The number of nitrogens with zero attached hydrogens (tertiary/aromatic N) is 2. The number of hydrogen-bond donors (Lipinski definition) is 1. The zero-order valence-electron chi connectivity index (χ0n) is 9.26. The lowest BCUT2D eigenvalue weighted by molar-refractivity contribution is 0.0702. The molecular weight excluding hydrogens is 260 g/mol. The fraction of sp³-hybridized carbons (Fsp3) is 0.300. The largest absolute Gasteiger partial charge is 0.477 e. The van der Waals surface area contributed by atoms with Gasteiger partial charge in [-0.15, -0.1) is 21.5 Å². The summed E-state index contributed by atoms with van der Waals surface area (Å²) in [5, 5.41) is 17.0. The van der Waals surface area contributed by atoms with Gasteiger partial charge in [-0.2, -0.15) is 0 Å². The Morgan fingerprint density at radius 1 is 1.53 bits per heavy atom. The lowest BCUT2D eigenvalue weighted by Gasteiger charge is -1.95. The molecule has 0 amide bonds. The summed E-state index contributed by atoms with van der Waals surface area (Å²) in [6.45, 7) is 3.64. The van der Waals surface area contributed by atoms with E-state index < -0.39 is 5.97 Å². The van der Waals surface area contributed by atoms with Gasteiger partial charge in [-0.3, -0.25) is 0 Å². The maximum atomic E-state index is 10.8. The van der Waals surface area contributed by atoms with Gasteiger partial charge in [0.15, 0.2) is 0 Å². The number of aryl methyl sites for hydroxylation is 2. The molecule has 0 radical (unpaired) electrons. The quantitative estimate of drug-likeness (QED) is 0.861. The van der Waals surface area contributed by atoms with E-state index in [0.29, 0.717) is 21.7 Å². The highest BCUT2D eigenvalue weighted by molar-refractivity contribution is 7.98. The van der Waals surface area contributed by atoms with Crippen LogP contribution >= 0.6 is 23.1 Å². The van der Waals surface area contributed by atoms with Crippen LogP contribution in [-0.2, 0) is 5.75 Å². The number of thioether (sulfide) groups is 1. The van der Waals surface area contributed by atoms with Crippen LogP contribution in [0.2, 0.25) is 0 Å². The fourth-order valence-electron chi connectivity index (χ4n) is 1.24. The summed E-state index contributed by atoms with van der Waals surface area (Å²) in [6, 6.07) is 1.69. The second kappa shape index (κ2) is 4.89. The molecule has 5 nitrogen and oxygen atoms in total. The Balaban J connectivity index is 2.06. The van der Waals surface area contributed by atoms with E-state index in [2.05, 4.69) is 10.2 Å². The molecule has 2 aromatic heterocycles. The monoisotopic (exact) mass is 270 g/mol. The summed E-state index contributed by atoms with van der Waals surface area (Å²) in [6.07, 6.45) is 0. The van der Waals surface area contributed by atoms with Gasteiger partial charge >= 0.3 is 5.97 Å². The average molecular weight is 270 g/mol. The van der Waals surface area contributed by atoms with Crippen LogP contribution in [0.15, 0.2) is 15.7 Å². The number of aromatic carboxylic acids is 1. The van der Waals surface area contributed by atoms with Gasteiger partial charge < -0.3 is 9.52 Å². The smallest absolute Gasteiger partial charge is 0.345 e. The van der Waals surface area contributed by atoms with Crippen molar-refractivity contribution in [2.45, 2.75) is 24.8 Å². The Hall–Kier alpha value is -1.34. The zero-order chi connectivity index (χ0) is 12.4. The van der Waals surface area contributed by atoms with E-state index in [1.165, 1.54) is 23.1 Å². The molecule has 0 saturated heterocycles. The first-order valence-corrected chi connectivity index (χ1v) is 6.62. The summed E-state index contributed by atoms with van der Waals surface area (Å²) in [7, 11) is 0. The molecule has 0 aliphatic carbocycles. The van der Waals surface area contributed by atoms with Crippen LogP contribution < -0.4 is 0 Å². The minimum absolute atomic E-state index is 0.361. The summed E-state index contributed by atoms with van der Waals surface area (Å²) in [5.74, 6) is 0.279. The average Bonchev–Trinajstić information content (AvgIpc) is 2.82. The molecule has 7 heteroatoms. The van der Waals surface area contributed by atoms with Crippen LogP contribution in [0, 0.1) is 13.8 Å². The lowest BCUT2D eigenvalue weighted by atomic mass is 10.3. The Morgan fingerprint density at radius 2 is 2.29 bits per heavy atom. The minimum atomic E-state index is -0.886. The van der Waals surface area contributed by atoms with Crippen molar-refractivity contribution in [1.82, 2.24) is 10.2 Å². The minimum Gasteiger partial charge on any atom is -0.477 e. The predicted octanol–water partition coefficient (Wildman–Crippen LogP) is 2.74. The maximum absolute atomic E-state index is 10.8. The van der Waals surface area contributed by atoms with Gasteiger partial charge in [-0.05, 0) is 18.6 Å². The van der Waals surface area contributed by atoms with E-state index in [1.54, 1.807) is 13.0 Å². The normalized spacial score (nSPS) is 10.7. The second-order valence-corrected chi connectivity index (χ2v) is 5.56. The number of rotatable bonds is 4. The highest BCUT2D eigenvalue weighted by atomic mass is 32.2. The van der Waals surface area contributed by atoms with Crippen molar-refractivity contribution in [2.75, 3.05) is 0 Å². The van der Waals surface area contributed by atoms with Crippen molar-refractivity contribution in [3.05, 3.63) is 27.3 Å². The molecule has 2 aromatic rings. The molecule has 0 saturated carbocycles. The highest BCUT2D eigenvalue weighted by Gasteiger charge is 2.12. The van der Waals surface area contributed by atoms with Gasteiger partial charge in [-0.25, -0.2) is 4.79 Å². The zero-order valence-corrected chi connectivity index (χ0v) is 10.9. The molecule has 17 heavy (non-hydrogen) atoms. The molecule has 1 N–H and O–H groups in total. The van der Waals surface area contributed by atoms with Crippen LogP contribution in [-0.4, -0.2) is 21.3 Å². The molecule has 0 atom stereocenters. The van der Waals surface area contributed by atoms with Gasteiger partial charge in [0.1, 0.15) is 4.88 Å². The standard InChI is InChI=1S/C10H10N2O3S2/c1-5-7(3-8(17-5)9(13)14)4-16-10-12-11-6(2)15-10/h3H,4H2,1-2H3,(H,13,14). The Morgan fingerprint density at radius 3 is 2.82 bits per heavy atom. The summed E-state index contributed by atoms with van der Waals surface area (Å²) >= 11 is 2.69. The maximum Gasteiger partial charge on any atom is 0.345 e. The molecule has 0 fully saturated rings. The predicted molar refractivity (Wildman–Crippen MR) is 64.6 cm³/mol. The van der Waals surface area contributed by atoms with E-state index in [4.69, 9.17) is 9.52 Å². The number of carboxylic acid groups (broad SMARTS) is 1. The number of hydrogen-bond acceptors (Lipinski definition) is 6. The van der Waals surface area contributed by atoms with Crippen molar-refractivity contribution in [3.8, 4) is 0 Å². The number of carbonyl (C=O) groups is 1. The first-order valence-electron chi connectivity index (χ1n) is 4.82. The molecule has 0 aliphatic heterocycles. The van der Waals surface area contributed by atoms with Crippen LogP contribution in [0.5, 0.6) is 0 Å². The van der Waals surface area contributed by atoms with E-state index >= 15 is 0 Å². The number of thiophene rings is 1. The SMILES string of the molecule is Cc1nnc(SCc2cc(C(=O)O)sc2C)o1. The third-order valence-electron chi connectivity index (χ3n) is 2.09. The molecule has 2 rings (SSSR count). The molecule has 0 spiro atoms. The van der Waals surface area contributed by atoms with Gasteiger partial charge in [0.2, 0.25) is 5.89 Å². The Labute approximate surface area is 106 Å². The number of aromatic nitrogens is 2. The first-order chi connectivity index (χ1) is 8.06. The van der Waals surface area contributed by atoms with Crippen molar-refractivity contribution >= 4 is 29.1 Å². The van der Waals surface area contributed by atoms with Crippen molar-refractivity contribution in [1.29, 1.82) is 0 Å². The van der Waals surface area contributed by atoms with Crippen LogP contribution in [0.4, 0.5) is 0 Å². The van der Waals surface area contributed by atoms with Crippen LogP contribution in [0.1, 0.15) is 26.0 Å². The van der Waals surface area contributed by atoms with Crippen LogP contribution in [0.3, 0.4) is 0 Å². The summed E-state index contributed by atoms with van der Waals surface area (Å²) < 4.78 is 5.23.